The Balaban J connectivity index is 0.00000556. The van der Waals surface area contributed by atoms with Crippen molar-refractivity contribution >= 4 is 76.5 Å². The summed E-state index contributed by atoms with van der Waals surface area (Å²) in [7, 11) is 0. The van der Waals surface area contributed by atoms with Crippen LogP contribution in [0.1, 0.15) is 53.0 Å². The molecule has 73 heavy (non-hydrogen) atoms. The Morgan fingerprint density at radius 3 is 1.89 bits per heavy atom. The maximum Gasteiger partial charge on any atom is 0.135 e. The van der Waals surface area contributed by atoms with Gasteiger partial charge in [0.1, 0.15) is 5.82 Å². The van der Waals surface area contributed by atoms with E-state index in [1.165, 1.54) is 32.8 Å². The molecule has 0 atom stereocenters. The molecule has 12 aromatic rings. The molecule has 0 aliphatic carbocycles. The van der Waals surface area contributed by atoms with E-state index in [1.807, 2.05) is 50.2 Å². The van der Waals surface area contributed by atoms with Crippen molar-refractivity contribution in [3.05, 3.63) is 236 Å². The number of pyridine rings is 1. The largest absolute Gasteiger partial charge is 0.509 e. The second kappa shape index (κ2) is 18.2. The molecule has 0 N–H and O–H groups in total. The number of ether oxygens (including phenoxy) is 1. The standard InChI is InChI=1S/C67H51N4O.Pt/c1-43(2)45-34-35-68-64(39-45)71-61-30-14-13-26-57(61)58-33-32-51(41-63(58)71)72-50-21-15-20-49(40-50)69-42-70-65-52(47-36-46(44-18-7-6-8-19-44)37-48(38-47)67(3,4)5)27-16-28-59(65)55-24-11-9-22-53(55)54-23-10-12-25-56(54)60-29-17-31-62(69)66(60)70;/h6-39,42-43H,1-5H3;/q-3;/i43D;. The van der Waals surface area contributed by atoms with E-state index in [9.17, 15) is 0 Å². The van der Waals surface area contributed by atoms with Crippen LogP contribution in [0.2, 0.25) is 0 Å². The van der Waals surface area contributed by atoms with Crippen LogP contribution in [0.15, 0.2) is 206 Å². The number of anilines is 2. The summed E-state index contributed by atoms with van der Waals surface area (Å²) in [6.45, 7) is 12.9. The molecule has 0 bridgehead atoms. The summed E-state index contributed by atoms with van der Waals surface area (Å²) in [5.41, 5.74) is 12.6. The quantitative estimate of drug-likeness (QED) is 0.149. The molecular weight excluding hydrogens is 1070 g/mol. The van der Waals surface area contributed by atoms with Gasteiger partial charge < -0.3 is 18.8 Å². The molecule has 0 fully saturated rings. The molecule has 6 heteroatoms. The number of rotatable bonds is 7. The van der Waals surface area contributed by atoms with Crippen LogP contribution in [0.25, 0.3) is 93.2 Å². The molecule has 9 aromatic carbocycles. The second-order valence-electron chi connectivity index (χ2n) is 20.1. The molecule has 358 valence electrons. The summed E-state index contributed by atoms with van der Waals surface area (Å²) in [4.78, 5) is 7.06. The molecule has 13 rings (SSSR count). The van der Waals surface area contributed by atoms with Crippen LogP contribution in [-0.4, -0.2) is 14.1 Å². The van der Waals surface area contributed by atoms with E-state index in [0.29, 0.717) is 11.5 Å². The Kier molecular flexibility index (Phi) is 11.2. The van der Waals surface area contributed by atoms with Crippen LogP contribution in [0.5, 0.6) is 11.5 Å². The van der Waals surface area contributed by atoms with Crippen LogP contribution >= 0.6 is 0 Å². The SMILES string of the molecule is [2H]C(C)(C)c1ccnc(-n2c3[c-]c(Oc4[c-]c(N5[CH-]n6c7c(-c8cc(-c9ccccc9)cc(C(C)(C)C)c8)cccc7c7ccccc7c7ccccc7c7cccc5c76)ccc4)ccc3c3ccccc32)c1.[Pt]. The predicted octanol–water partition coefficient (Wildman–Crippen LogP) is 18.0. The van der Waals surface area contributed by atoms with Gasteiger partial charge >= 0.3 is 0 Å². The first kappa shape index (κ1) is 44.8. The third kappa shape index (κ3) is 7.91. The first-order valence-corrected chi connectivity index (χ1v) is 24.7. The molecular formula is C67H51N4OPt-3. The molecule has 5 nitrogen and oxygen atoms in total. The summed E-state index contributed by atoms with van der Waals surface area (Å²) in [5, 5.41) is 9.11. The third-order valence-electron chi connectivity index (χ3n) is 14.3. The average Bonchev–Trinajstić information content (AvgIpc) is 3.97. The average molecular weight is 1120 g/mol. The fraction of sp³-hybridized carbons (Fsp3) is 0.104. The van der Waals surface area contributed by atoms with Crippen LogP contribution in [0.3, 0.4) is 0 Å². The van der Waals surface area contributed by atoms with Gasteiger partial charge in [-0.25, -0.2) is 4.98 Å². The first-order chi connectivity index (χ1) is 35.5. The topological polar surface area (TPSA) is 35.2 Å². The normalized spacial score (nSPS) is 12.6. The smallest absolute Gasteiger partial charge is 0.135 e. The number of hydrogen-bond acceptors (Lipinski definition) is 3. The van der Waals surface area contributed by atoms with Crippen molar-refractivity contribution in [1.29, 1.82) is 0 Å². The van der Waals surface area contributed by atoms with E-state index in [4.69, 9.17) is 11.1 Å². The summed E-state index contributed by atoms with van der Waals surface area (Å²) in [5.74, 6) is 1.06. The molecule has 4 heterocycles. The minimum absolute atomic E-state index is 0. The fourth-order valence-corrected chi connectivity index (χ4v) is 10.7. The number of aromatic nitrogens is 3. The van der Waals surface area contributed by atoms with Crippen molar-refractivity contribution in [1.82, 2.24) is 14.1 Å². The Morgan fingerprint density at radius 2 is 1.16 bits per heavy atom. The Bertz CT molecular complexity index is 4260. The molecule has 0 spiro atoms. The molecule has 0 amide bonds. The molecule has 0 unspecified atom stereocenters. The van der Waals surface area contributed by atoms with Gasteiger partial charge in [0.05, 0.1) is 0 Å². The van der Waals surface area contributed by atoms with Crippen molar-refractivity contribution in [2.75, 3.05) is 4.90 Å². The molecule has 0 radical (unpaired) electrons. The van der Waals surface area contributed by atoms with E-state index in [2.05, 4.69) is 217 Å². The van der Waals surface area contributed by atoms with Gasteiger partial charge in [0.2, 0.25) is 0 Å². The van der Waals surface area contributed by atoms with E-state index in [1.54, 1.807) is 6.20 Å². The zero-order valence-electron chi connectivity index (χ0n) is 42.2. The van der Waals surface area contributed by atoms with E-state index in [-0.39, 0.29) is 26.5 Å². The zero-order valence-corrected chi connectivity index (χ0v) is 43.5. The summed E-state index contributed by atoms with van der Waals surface area (Å²) >= 11 is 0. The van der Waals surface area contributed by atoms with Crippen molar-refractivity contribution < 1.29 is 27.2 Å². The van der Waals surface area contributed by atoms with E-state index in [0.717, 1.165) is 82.9 Å². The van der Waals surface area contributed by atoms with Gasteiger partial charge in [-0.15, -0.1) is 35.7 Å². The molecule has 1 aliphatic heterocycles. The number of para-hydroxylation sites is 3. The van der Waals surface area contributed by atoms with Gasteiger partial charge in [0, 0.05) is 51.3 Å². The van der Waals surface area contributed by atoms with Crippen LogP contribution in [0, 0.1) is 18.8 Å². The van der Waals surface area contributed by atoms with Gasteiger partial charge in [-0.1, -0.05) is 185 Å². The van der Waals surface area contributed by atoms with Gasteiger partial charge in [-0.3, -0.25) is 0 Å². The second-order valence-corrected chi connectivity index (χ2v) is 20.1. The molecule has 0 saturated heterocycles. The molecule has 0 saturated carbocycles. The van der Waals surface area contributed by atoms with Crippen molar-refractivity contribution in [2.45, 2.75) is 45.9 Å². The summed E-state index contributed by atoms with van der Waals surface area (Å²) in [6.07, 6.45) is 1.79. The Labute approximate surface area is 441 Å². The first-order valence-electron chi connectivity index (χ1n) is 25.2. The van der Waals surface area contributed by atoms with Gasteiger partial charge in [0.15, 0.2) is 0 Å². The maximum absolute atomic E-state index is 8.78. The van der Waals surface area contributed by atoms with Gasteiger partial charge in [0.25, 0.3) is 0 Å². The zero-order chi connectivity index (χ0) is 49.6. The molecule has 3 aromatic heterocycles. The Hall–Kier alpha value is -8.11. The molecule has 1 aliphatic rings. The summed E-state index contributed by atoms with van der Waals surface area (Å²) < 4.78 is 20.1. The maximum atomic E-state index is 8.78. The number of nitrogens with zero attached hydrogens (tertiary/aromatic N) is 4. The monoisotopic (exact) mass is 1120 g/mol. The third-order valence-corrected chi connectivity index (χ3v) is 14.3. The fourth-order valence-electron chi connectivity index (χ4n) is 10.7. The Morgan fingerprint density at radius 1 is 0.548 bits per heavy atom. The van der Waals surface area contributed by atoms with Crippen LogP contribution in [-0.2, 0) is 26.5 Å². The predicted molar refractivity (Wildman–Crippen MR) is 300 cm³/mol. The van der Waals surface area contributed by atoms with Gasteiger partial charge in [-0.2, -0.15) is 12.1 Å². The van der Waals surface area contributed by atoms with Crippen LogP contribution in [0.4, 0.5) is 11.4 Å². The van der Waals surface area contributed by atoms with Gasteiger partial charge in [-0.05, 0) is 130 Å². The van der Waals surface area contributed by atoms with Crippen molar-refractivity contribution in [2.24, 2.45) is 0 Å². The van der Waals surface area contributed by atoms with Crippen molar-refractivity contribution in [3.8, 4) is 39.6 Å². The minimum Gasteiger partial charge on any atom is -0.509 e. The van der Waals surface area contributed by atoms with E-state index >= 15 is 0 Å². The van der Waals surface area contributed by atoms with E-state index < -0.39 is 5.89 Å². The number of hydrogen-bond donors (Lipinski definition) is 0. The number of fused-ring (bicyclic) bond motifs is 10. The van der Waals surface area contributed by atoms with Crippen LogP contribution < -0.4 is 9.64 Å². The number of benzene rings is 9. The van der Waals surface area contributed by atoms with Crippen molar-refractivity contribution in [3.63, 3.8) is 0 Å². The summed E-state index contributed by atoms with van der Waals surface area (Å²) in [6, 6.07) is 78.7. The minimum atomic E-state index is -0.789.